The number of nitrogens with zero attached hydrogens (tertiary/aromatic N) is 1. The highest BCUT2D eigenvalue weighted by Gasteiger charge is 2.05. The number of hydrogen-bond donors (Lipinski definition) is 2. The van der Waals surface area contributed by atoms with Crippen LogP contribution in [0.3, 0.4) is 0 Å². The molecule has 0 aromatic carbocycles. The van der Waals surface area contributed by atoms with Crippen molar-refractivity contribution in [3.8, 4) is 5.75 Å². The maximum absolute atomic E-state index is 11.6. The molecule has 1 aromatic heterocycles. The Morgan fingerprint density at radius 1 is 1.47 bits per heavy atom. The van der Waals surface area contributed by atoms with E-state index in [1.807, 2.05) is 13.0 Å². The van der Waals surface area contributed by atoms with Gasteiger partial charge in [-0.15, -0.1) is 0 Å². The van der Waals surface area contributed by atoms with Crippen LogP contribution in [-0.2, 0) is 4.79 Å². The first-order valence-electron chi connectivity index (χ1n) is 6.54. The van der Waals surface area contributed by atoms with Gasteiger partial charge < -0.3 is 15.4 Å². The van der Waals surface area contributed by atoms with Gasteiger partial charge in [0.05, 0.1) is 19.0 Å². The molecular weight excluding hydrogens is 242 g/mol. The zero-order valence-electron chi connectivity index (χ0n) is 12.1. The van der Waals surface area contributed by atoms with Gasteiger partial charge in [0.2, 0.25) is 5.91 Å². The fourth-order valence-corrected chi connectivity index (χ4v) is 1.57. The molecule has 19 heavy (non-hydrogen) atoms. The lowest BCUT2D eigenvalue weighted by atomic mass is 10.2. The molecule has 106 valence electrons. The lowest BCUT2D eigenvalue weighted by Gasteiger charge is -2.12. The van der Waals surface area contributed by atoms with Crippen molar-refractivity contribution < 1.29 is 9.53 Å². The number of carbonyl (C=O) groups is 1. The van der Waals surface area contributed by atoms with Crippen LogP contribution in [-0.4, -0.2) is 31.1 Å². The number of aryl methyl sites for hydroxylation is 1. The van der Waals surface area contributed by atoms with Crippen LogP contribution < -0.4 is 15.4 Å². The smallest absolute Gasteiger partial charge is 0.221 e. The zero-order chi connectivity index (χ0) is 14.3. The molecule has 2 N–H and O–H groups in total. The fraction of sp³-hybridized carbons (Fsp3) is 0.571. The lowest BCUT2D eigenvalue weighted by Crippen LogP contribution is -2.28. The molecule has 0 aliphatic heterocycles. The highest BCUT2D eigenvalue weighted by molar-refractivity contribution is 5.76. The van der Waals surface area contributed by atoms with Crippen molar-refractivity contribution in [3.63, 3.8) is 0 Å². The predicted octanol–water partition coefficient (Wildman–Crippen LogP) is 1.97. The maximum Gasteiger partial charge on any atom is 0.221 e. The second-order valence-corrected chi connectivity index (χ2v) is 4.90. The minimum Gasteiger partial charge on any atom is -0.493 e. The molecule has 0 unspecified atom stereocenters. The highest BCUT2D eigenvalue weighted by atomic mass is 16.5. The molecule has 0 aliphatic carbocycles. The molecule has 0 bridgehead atoms. The van der Waals surface area contributed by atoms with E-state index in [1.165, 1.54) is 0 Å². The Morgan fingerprint density at radius 2 is 2.21 bits per heavy atom. The molecule has 5 heteroatoms. The van der Waals surface area contributed by atoms with Gasteiger partial charge in [0.1, 0.15) is 0 Å². The number of ether oxygens (including phenoxy) is 1. The summed E-state index contributed by atoms with van der Waals surface area (Å²) in [4.78, 5) is 15.7. The fourth-order valence-electron chi connectivity index (χ4n) is 1.57. The van der Waals surface area contributed by atoms with E-state index in [-0.39, 0.29) is 5.91 Å². The molecule has 1 heterocycles. The Bertz CT molecular complexity index is 419. The summed E-state index contributed by atoms with van der Waals surface area (Å²) in [6, 6.07) is 1.91. The van der Waals surface area contributed by atoms with Gasteiger partial charge in [-0.25, -0.2) is 0 Å². The monoisotopic (exact) mass is 265 g/mol. The van der Waals surface area contributed by atoms with Crippen molar-refractivity contribution in [2.75, 3.05) is 25.5 Å². The Labute approximate surface area is 114 Å². The molecule has 1 aromatic rings. The summed E-state index contributed by atoms with van der Waals surface area (Å²) in [5.74, 6) is 1.22. The van der Waals surface area contributed by atoms with Crippen LogP contribution in [0.4, 0.5) is 5.69 Å². The van der Waals surface area contributed by atoms with E-state index in [2.05, 4.69) is 29.5 Å². The average Bonchev–Trinajstić information content (AvgIpc) is 2.36. The van der Waals surface area contributed by atoms with Gasteiger partial charge in [-0.2, -0.15) is 0 Å². The second-order valence-electron chi connectivity index (χ2n) is 4.90. The van der Waals surface area contributed by atoms with Gasteiger partial charge in [-0.05, 0) is 18.9 Å². The number of hydrogen-bond acceptors (Lipinski definition) is 4. The van der Waals surface area contributed by atoms with Crippen molar-refractivity contribution in [1.82, 2.24) is 10.3 Å². The van der Waals surface area contributed by atoms with E-state index >= 15 is 0 Å². The van der Waals surface area contributed by atoms with E-state index in [9.17, 15) is 4.79 Å². The van der Waals surface area contributed by atoms with Gasteiger partial charge in [0.25, 0.3) is 0 Å². The minimum absolute atomic E-state index is 0.0611. The Balaban J connectivity index is 2.40. The molecular formula is C14H23N3O2. The first-order valence-corrected chi connectivity index (χ1v) is 6.54. The number of methoxy groups -OCH3 is 1. The zero-order valence-corrected chi connectivity index (χ0v) is 12.1. The number of nitrogens with one attached hydrogen (secondary N) is 2. The molecule has 0 radical (unpaired) electrons. The lowest BCUT2D eigenvalue weighted by molar-refractivity contribution is -0.120. The Morgan fingerprint density at radius 3 is 2.84 bits per heavy atom. The van der Waals surface area contributed by atoms with Gasteiger partial charge in [0.15, 0.2) is 5.75 Å². The SMILES string of the molecule is COc1cnc(C)cc1NCCC(=O)NCC(C)C. The first kappa shape index (κ1) is 15.3. The number of anilines is 1. The molecule has 0 spiro atoms. The van der Waals surface area contributed by atoms with Gasteiger partial charge in [-0.1, -0.05) is 13.8 Å². The third-order valence-electron chi connectivity index (χ3n) is 2.60. The van der Waals surface area contributed by atoms with E-state index < -0.39 is 0 Å². The normalized spacial score (nSPS) is 10.4. The van der Waals surface area contributed by atoms with Crippen LogP contribution in [0, 0.1) is 12.8 Å². The van der Waals surface area contributed by atoms with Crippen molar-refractivity contribution in [2.24, 2.45) is 5.92 Å². The predicted molar refractivity (Wildman–Crippen MR) is 76.5 cm³/mol. The average molecular weight is 265 g/mol. The first-order chi connectivity index (χ1) is 9.02. The molecule has 0 saturated heterocycles. The summed E-state index contributed by atoms with van der Waals surface area (Å²) in [5, 5.41) is 6.08. The molecule has 1 amide bonds. The molecule has 0 fully saturated rings. The van der Waals surface area contributed by atoms with Crippen LogP contribution in [0.15, 0.2) is 12.3 Å². The van der Waals surface area contributed by atoms with Crippen molar-refractivity contribution >= 4 is 11.6 Å². The highest BCUT2D eigenvalue weighted by Crippen LogP contribution is 2.23. The molecule has 0 atom stereocenters. The minimum atomic E-state index is 0.0611. The summed E-state index contributed by atoms with van der Waals surface area (Å²) in [7, 11) is 1.60. The largest absolute Gasteiger partial charge is 0.493 e. The standard InChI is InChI=1S/C14H23N3O2/c1-10(2)8-17-14(18)5-6-15-12-7-11(3)16-9-13(12)19-4/h7,9-10H,5-6,8H2,1-4H3,(H,15,16)(H,17,18). The number of carbonyl (C=O) groups excluding carboxylic acids is 1. The third kappa shape index (κ3) is 5.59. The third-order valence-corrected chi connectivity index (χ3v) is 2.60. The summed E-state index contributed by atoms with van der Waals surface area (Å²) in [6.45, 7) is 7.35. The van der Waals surface area contributed by atoms with Crippen LogP contribution in [0.5, 0.6) is 5.75 Å². The molecule has 1 rings (SSSR count). The van der Waals surface area contributed by atoms with Gasteiger partial charge in [-0.3, -0.25) is 9.78 Å². The summed E-state index contributed by atoms with van der Waals surface area (Å²) >= 11 is 0. The Kier molecular flexibility index (Phi) is 6.12. The maximum atomic E-state index is 11.6. The van der Waals surface area contributed by atoms with Crippen LogP contribution in [0.25, 0.3) is 0 Å². The van der Waals surface area contributed by atoms with E-state index in [1.54, 1.807) is 13.3 Å². The topological polar surface area (TPSA) is 63.2 Å². The van der Waals surface area contributed by atoms with Crippen LogP contribution in [0.1, 0.15) is 26.0 Å². The summed E-state index contributed by atoms with van der Waals surface area (Å²) < 4.78 is 5.21. The number of pyridine rings is 1. The van der Waals surface area contributed by atoms with E-state index in [4.69, 9.17) is 4.74 Å². The van der Waals surface area contributed by atoms with Gasteiger partial charge >= 0.3 is 0 Å². The number of amides is 1. The summed E-state index contributed by atoms with van der Waals surface area (Å²) in [6.07, 6.45) is 2.12. The van der Waals surface area contributed by atoms with Gasteiger partial charge in [0, 0.05) is 25.2 Å². The Hall–Kier alpha value is -1.78. The number of aromatic nitrogens is 1. The van der Waals surface area contributed by atoms with E-state index in [0.717, 1.165) is 17.9 Å². The van der Waals surface area contributed by atoms with Crippen molar-refractivity contribution in [3.05, 3.63) is 18.0 Å². The number of rotatable bonds is 7. The quantitative estimate of drug-likeness (QED) is 0.791. The summed E-state index contributed by atoms with van der Waals surface area (Å²) in [5.41, 5.74) is 1.78. The van der Waals surface area contributed by atoms with Crippen LogP contribution >= 0.6 is 0 Å². The van der Waals surface area contributed by atoms with E-state index in [0.29, 0.717) is 24.6 Å². The van der Waals surface area contributed by atoms with Crippen molar-refractivity contribution in [2.45, 2.75) is 27.2 Å². The second kappa shape index (κ2) is 7.61. The van der Waals surface area contributed by atoms with Crippen molar-refractivity contribution in [1.29, 1.82) is 0 Å². The van der Waals surface area contributed by atoms with Crippen LogP contribution in [0.2, 0.25) is 0 Å². The molecule has 0 aliphatic rings. The molecule has 0 saturated carbocycles. The molecule has 5 nitrogen and oxygen atoms in total.